The van der Waals surface area contributed by atoms with Crippen LogP contribution in [0.2, 0.25) is 0 Å². The molecule has 1 heterocycles. The number of carbonyl (C=O) groups excluding carboxylic acids is 1. The molecule has 0 radical (unpaired) electrons. The molecule has 0 saturated heterocycles. The monoisotopic (exact) mass is 847 g/mol. The average Bonchev–Trinajstić information content (AvgIpc) is 3.23. The molecule has 0 bridgehead atoms. The Morgan fingerprint density at radius 2 is 1.78 bits per heavy atom. The molecule has 3 aromatic carbocycles. The predicted molar refractivity (Wildman–Crippen MR) is 230 cm³/mol. The van der Waals surface area contributed by atoms with Crippen molar-refractivity contribution in [3.05, 3.63) is 103 Å². The smallest absolute Gasteiger partial charge is 0.243 e. The molecule has 2 aliphatic carbocycles. The molecule has 3 aromatic rings. The molecule has 59 heavy (non-hydrogen) atoms. The first-order valence-corrected chi connectivity index (χ1v) is 22.8. The number of unbranched alkanes of at least 4 members (excludes halogenated alkanes) is 2. The van der Waals surface area contributed by atoms with Crippen LogP contribution in [0, 0.1) is 17.8 Å². The number of amides is 1. The number of oxime groups is 1. The van der Waals surface area contributed by atoms with Crippen LogP contribution in [0.4, 0.5) is 5.69 Å². The number of hydrogen-bond acceptors (Lipinski definition) is 11. The molecule has 6 atom stereocenters. The Morgan fingerprint density at radius 3 is 2.46 bits per heavy atom. The molecule has 1 amide bonds. The zero-order valence-electron chi connectivity index (χ0n) is 34.1. The van der Waals surface area contributed by atoms with Crippen molar-refractivity contribution in [2.45, 2.75) is 79.4 Å². The largest absolute Gasteiger partial charge is 0.493 e. The average molecular weight is 848 g/mol. The molecular weight excluding hydrogens is 791 g/mol. The number of nitrogens with one attached hydrogen (secondary N) is 1. The number of aliphatic hydroxyl groups excluding tert-OH is 2. The lowest BCUT2D eigenvalue weighted by Gasteiger charge is -2.59. The van der Waals surface area contributed by atoms with Crippen molar-refractivity contribution >= 4 is 39.1 Å². The van der Waals surface area contributed by atoms with Crippen molar-refractivity contribution in [3.8, 4) is 11.5 Å². The lowest BCUT2D eigenvalue weighted by Crippen LogP contribution is -2.69. The van der Waals surface area contributed by atoms with Crippen LogP contribution in [0.15, 0.2) is 112 Å². The fourth-order valence-corrected chi connectivity index (χ4v) is 11.1. The summed E-state index contributed by atoms with van der Waals surface area (Å²) in [6.45, 7) is 6.07. The van der Waals surface area contributed by atoms with E-state index in [2.05, 4.69) is 41.3 Å². The fraction of sp³-hybridized carbons (Fsp3) is 0.467. The van der Waals surface area contributed by atoms with Gasteiger partial charge in [0.2, 0.25) is 21.7 Å². The summed E-state index contributed by atoms with van der Waals surface area (Å²) in [5.41, 5.74) is 2.89. The van der Waals surface area contributed by atoms with Gasteiger partial charge in [-0.25, -0.2) is 8.42 Å². The van der Waals surface area contributed by atoms with Gasteiger partial charge in [-0.2, -0.15) is 4.31 Å². The van der Waals surface area contributed by atoms with Gasteiger partial charge >= 0.3 is 0 Å². The summed E-state index contributed by atoms with van der Waals surface area (Å²) in [7, 11) is -1.16. The van der Waals surface area contributed by atoms with E-state index in [9.17, 15) is 23.4 Å². The van der Waals surface area contributed by atoms with Gasteiger partial charge < -0.3 is 34.6 Å². The molecule has 6 rings (SSSR count). The van der Waals surface area contributed by atoms with Gasteiger partial charge in [0.05, 0.1) is 35.8 Å². The third kappa shape index (κ3) is 9.90. The van der Waals surface area contributed by atoms with Gasteiger partial charge in [0.1, 0.15) is 18.6 Å². The molecule has 12 nitrogen and oxygen atoms in total. The summed E-state index contributed by atoms with van der Waals surface area (Å²) in [6, 6.07) is 21.2. The quantitative estimate of drug-likeness (QED) is 0.0428. The molecule has 14 heteroatoms. The number of sulfonamides is 1. The van der Waals surface area contributed by atoms with E-state index in [4.69, 9.17) is 19.0 Å². The van der Waals surface area contributed by atoms with E-state index in [0.717, 1.165) is 42.6 Å². The Kier molecular flexibility index (Phi) is 15.3. The summed E-state index contributed by atoms with van der Waals surface area (Å²) < 4.78 is 51.1. The number of anilines is 1. The van der Waals surface area contributed by atoms with Gasteiger partial charge in [-0.05, 0) is 97.7 Å². The normalized spacial score (nSPS) is 24.1. The summed E-state index contributed by atoms with van der Waals surface area (Å²) in [5, 5.41) is 26.9. The number of benzene rings is 3. The van der Waals surface area contributed by atoms with Crippen LogP contribution in [0.25, 0.3) is 0 Å². The number of carbonyl (C=O) groups is 1. The first-order chi connectivity index (χ1) is 28.6. The second kappa shape index (κ2) is 20.4. The number of thioether (sulfide) groups is 1. The Bertz CT molecular complexity index is 2060. The van der Waals surface area contributed by atoms with E-state index < -0.39 is 27.8 Å². The zero-order valence-corrected chi connectivity index (χ0v) is 35.8. The van der Waals surface area contributed by atoms with Crippen molar-refractivity contribution in [2.24, 2.45) is 22.9 Å². The van der Waals surface area contributed by atoms with Gasteiger partial charge in [0.25, 0.3) is 0 Å². The number of aliphatic hydroxyl groups is 2. The predicted octanol–water partition coefficient (Wildman–Crippen LogP) is 7.40. The van der Waals surface area contributed by atoms with Gasteiger partial charge in [-0.3, -0.25) is 4.79 Å². The zero-order chi connectivity index (χ0) is 42.0. The molecule has 1 fully saturated rings. The number of allylic oxidation sites excluding steroid dienone is 1. The second-order valence-corrected chi connectivity index (χ2v) is 18.4. The van der Waals surface area contributed by atoms with Gasteiger partial charge in [-0.1, -0.05) is 48.3 Å². The maximum absolute atomic E-state index is 14.7. The highest BCUT2D eigenvalue weighted by Crippen LogP contribution is 2.62. The standard InChI is InChI=1S/C45H57N3O9S2/c1-5-25-56-45-42(48(3)59(52,53)36-20-17-33(18-21-36)46-31(2)51)30-40(47-54-4)38-28-32(13-9-11-23-49)37(16-10-12-24-50)43(44(38)45)39-29-34(19-22-41(39)57-45)55-26-27-58-35-14-7-6-8-15-35/h5-8,14-15,17-22,28-29,32,37,42-44,49-50H,1,9-13,16,23-27,30H2,2-4H3,(H,46,51). The Labute approximate surface area is 352 Å². The first-order valence-electron chi connectivity index (χ1n) is 20.4. The number of hydrogen-bond donors (Lipinski definition) is 3. The molecule has 3 aliphatic rings. The van der Waals surface area contributed by atoms with E-state index in [-0.39, 0.29) is 54.8 Å². The molecule has 6 unspecified atom stereocenters. The molecule has 0 spiro atoms. The van der Waals surface area contributed by atoms with Gasteiger partial charge in [0, 0.05) is 61.4 Å². The minimum absolute atomic E-state index is 0.0259. The molecule has 1 saturated carbocycles. The number of rotatable bonds is 21. The van der Waals surface area contributed by atoms with E-state index in [1.54, 1.807) is 30.0 Å². The third-order valence-corrected chi connectivity index (χ3v) is 14.4. The number of ether oxygens (including phenoxy) is 3. The Morgan fingerprint density at radius 1 is 1.05 bits per heavy atom. The van der Waals surface area contributed by atoms with Crippen LogP contribution in [-0.2, 0) is 24.4 Å². The Balaban J connectivity index is 1.48. The van der Waals surface area contributed by atoms with Gasteiger partial charge in [0.15, 0.2) is 0 Å². The molecule has 3 N–H and O–H groups in total. The molecule has 1 aliphatic heterocycles. The summed E-state index contributed by atoms with van der Waals surface area (Å²) >= 11 is 1.72. The van der Waals surface area contributed by atoms with Crippen LogP contribution in [0.3, 0.4) is 0 Å². The van der Waals surface area contributed by atoms with E-state index in [0.29, 0.717) is 42.3 Å². The molecule has 318 valence electrons. The Hall–Kier alpha value is -4.18. The van der Waals surface area contributed by atoms with Crippen LogP contribution < -0.4 is 14.8 Å². The van der Waals surface area contributed by atoms with E-state index in [1.165, 1.54) is 42.4 Å². The number of nitrogens with zero attached hydrogens (tertiary/aromatic N) is 2. The highest BCUT2D eigenvalue weighted by atomic mass is 32.2. The maximum Gasteiger partial charge on any atom is 0.243 e. The van der Waals surface area contributed by atoms with Crippen LogP contribution in [0.1, 0.15) is 63.4 Å². The molecule has 0 aromatic heterocycles. The first kappa shape index (κ1) is 44.4. The van der Waals surface area contributed by atoms with Crippen LogP contribution in [0.5, 0.6) is 11.5 Å². The van der Waals surface area contributed by atoms with Gasteiger partial charge in [-0.15, -0.1) is 18.3 Å². The van der Waals surface area contributed by atoms with E-state index in [1.807, 2.05) is 30.3 Å². The molecular formula is C45H57N3O9S2. The van der Waals surface area contributed by atoms with Crippen molar-refractivity contribution in [2.75, 3.05) is 51.7 Å². The lowest BCUT2D eigenvalue weighted by atomic mass is 9.55. The minimum Gasteiger partial charge on any atom is -0.493 e. The van der Waals surface area contributed by atoms with Crippen molar-refractivity contribution in [3.63, 3.8) is 0 Å². The highest BCUT2D eigenvalue weighted by molar-refractivity contribution is 7.99. The lowest BCUT2D eigenvalue weighted by molar-refractivity contribution is -0.250. The van der Waals surface area contributed by atoms with Crippen LogP contribution >= 0.6 is 11.8 Å². The fourth-order valence-electron chi connectivity index (χ4n) is 8.99. The number of likely N-dealkylation sites (N-methyl/N-ethyl adjacent to an activating group) is 1. The highest BCUT2D eigenvalue weighted by Gasteiger charge is 2.65. The van der Waals surface area contributed by atoms with Crippen molar-refractivity contribution in [1.82, 2.24) is 4.31 Å². The minimum atomic E-state index is -4.19. The number of fused-ring (bicyclic) bond motifs is 2. The summed E-state index contributed by atoms with van der Waals surface area (Å²) in [6.07, 6.45) is 8.49. The van der Waals surface area contributed by atoms with E-state index >= 15 is 0 Å². The van der Waals surface area contributed by atoms with Crippen LogP contribution in [-0.4, -0.2) is 92.7 Å². The topological polar surface area (TPSA) is 156 Å². The van der Waals surface area contributed by atoms with Crippen molar-refractivity contribution < 1.29 is 42.5 Å². The second-order valence-electron chi connectivity index (χ2n) is 15.2. The summed E-state index contributed by atoms with van der Waals surface area (Å²) in [5.74, 6) is -0.483. The third-order valence-electron chi connectivity index (χ3n) is 11.5. The van der Waals surface area contributed by atoms with Crippen molar-refractivity contribution in [1.29, 1.82) is 0 Å². The summed E-state index contributed by atoms with van der Waals surface area (Å²) in [4.78, 5) is 18.4. The maximum atomic E-state index is 14.7. The SMILES string of the molecule is C=CCOC12Oc3ccc(OCCSc4ccccc4)cc3C3C(CCCCO)C(CCCCO)C=C(C(=NOC)CC1N(C)S(=O)(=O)c1ccc(NC(C)=O)cc1)C32.